The molecule has 0 aliphatic rings. The fourth-order valence-electron chi connectivity index (χ4n) is 1.80. The van der Waals surface area contributed by atoms with Crippen LogP contribution in [0.15, 0.2) is 0 Å². The van der Waals surface area contributed by atoms with Crippen molar-refractivity contribution in [3.05, 3.63) is 0 Å². The molecule has 0 saturated carbocycles. The third-order valence-corrected chi connectivity index (χ3v) is 12.8. The molecule has 0 nitrogen and oxygen atoms in total. The van der Waals surface area contributed by atoms with Gasteiger partial charge in [-0.2, -0.15) is 0 Å². The van der Waals surface area contributed by atoms with Gasteiger partial charge in [-0.15, -0.1) is 0 Å². The predicted octanol–water partition coefficient (Wildman–Crippen LogP) is 6.25. The zero-order valence-corrected chi connectivity index (χ0v) is 18.0. The van der Waals surface area contributed by atoms with E-state index in [1.165, 1.54) is 56.7 Å². The molecule has 0 aromatic rings. The molecule has 0 aliphatic carbocycles. The molecule has 0 amide bonds. The van der Waals surface area contributed by atoms with Gasteiger partial charge in [0, 0.05) is 0 Å². The summed E-state index contributed by atoms with van der Waals surface area (Å²) in [4.78, 5) is 0. The second-order valence-corrected chi connectivity index (χ2v) is 14.5. The minimum absolute atomic E-state index is 0.839. The van der Waals surface area contributed by atoms with E-state index >= 15 is 0 Å². The summed E-state index contributed by atoms with van der Waals surface area (Å²) in [5, 5.41) is 1.22. The maximum atomic E-state index is 2.94. The van der Waals surface area contributed by atoms with Crippen LogP contribution in [-0.2, 0) is 0 Å². The Balaban J connectivity index is 0. The normalized spacial score (nSPS) is 10.3. The first-order chi connectivity index (χ1) is 8.76. The molecule has 0 rings (SSSR count). The Morgan fingerprint density at radius 1 is 0.611 bits per heavy atom. The van der Waals surface area contributed by atoms with Crippen LogP contribution in [0.4, 0.5) is 0 Å². The number of hydrogen-bond donors (Lipinski definition) is 0. The van der Waals surface area contributed by atoms with Gasteiger partial charge in [0.1, 0.15) is 0 Å². The van der Waals surface area contributed by atoms with Crippen molar-refractivity contribution >= 4 is 35.8 Å². The fourth-order valence-corrected chi connectivity index (χ4v) is 11.9. The maximum absolute atomic E-state index is 2.94. The van der Waals surface area contributed by atoms with Gasteiger partial charge in [-0.1, -0.05) is 0 Å². The third-order valence-electron chi connectivity index (χ3n) is 3.15. The summed E-state index contributed by atoms with van der Waals surface area (Å²) < 4.78 is 5.04. The molecule has 0 aromatic heterocycles. The van der Waals surface area contributed by atoms with Crippen LogP contribution in [0.1, 0.15) is 79.1 Å². The van der Waals surface area contributed by atoms with Crippen molar-refractivity contribution in [3.63, 3.8) is 0 Å². The summed E-state index contributed by atoms with van der Waals surface area (Å²) in [6, 6.07) is 0. The van der Waals surface area contributed by atoms with Crippen molar-refractivity contribution in [3.8, 4) is 0 Å². The zero-order valence-electron chi connectivity index (χ0n) is 13.4. The van der Waals surface area contributed by atoms with E-state index in [0.717, 1.165) is 0 Å². The van der Waals surface area contributed by atoms with Crippen LogP contribution in [0.3, 0.4) is 0 Å². The van der Waals surface area contributed by atoms with Crippen LogP contribution < -0.4 is 0 Å². The van der Waals surface area contributed by atoms with Gasteiger partial charge in [-0.05, 0) is 0 Å². The van der Waals surface area contributed by atoms with E-state index in [1.54, 1.807) is 13.3 Å². The first kappa shape index (κ1) is 21.6. The fraction of sp³-hybridized carbons (Fsp3) is 1.00. The van der Waals surface area contributed by atoms with Crippen molar-refractivity contribution in [1.29, 1.82) is 0 Å². The van der Waals surface area contributed by atoms with Crippen LogP contribution in [0.25, 0.3) is 0 Å². The van der Waals surface area contributed by atoms with Crippen molar-refractivity contribution in [1.82, 2.24) is 0 Å². The molecule has 110 valence electrons. The third kappa shape index (κ3) is 19.7. The minimum atomic E-state index is -0.839. The van der Waals surface area contributed by atoms with Gasteiger partial charge in [0.25, 0.3) is 0 Å². The topological polar surface area (TPSA) is 0 Å². The van der Waals surface area contributed by atoms with Crippen molar-refractivity contribution < 1.29 is 0 Å². The number of unbranched alkanes of at least 4 members (excludes halogenated alkanes) is 4. The van der Waals surface area contributed by atoms with E-state index in [-0.39, 0.29) is 0 Å². The molecule has 0 N–H and O–H groups in total. The van der Waals surface area contributed by atoms with E-state index in [9.17, 15) is 0 Å². The second kappa shape index (κ2) is 20.6. The Hall–Kier alpha value is 1.32. The summed E-state index contributed by atoms with van der Waals surface area (Å²) >= 11 is 2.10. The molecule has 0 atom stereocenters. The molecule has 2 radical (unpaired) electrons. The molecule has 0 unspecified atom stereocenters. The number of hydrogen-bond acceptors (Lipinski definition) is 0. The van der Waals surface area contributed by atoms with Crippen molar-refractivity contribution in [2.75, 3.05) is 0 Å². The molecular weight excluding hydrogens is 390 g/mol. The van der Waals surface area contributed by atoms with Crippen LogP contribution in [0.5, 0.6) is 0 Å². The molecule has 0 aromatic carbocycles. The quantitative estimate of drug-likeness (QED) is 0.343. The summed E-state index contributed by atoms with van der Waals surface area (Å²) in [5.41, 5.74) is 0. The average molecular weight is 426 g/mol. The Labute approximate surface area is 133 Å². The molecule has 0 bridgehead atoms. The van der Waals surface area contributed by atoms with Gasteiger partial charge in [0.2, 0.25) is 0 Å². The Morgan fingerprint density at radius 3 is 1.11 bits per heavy atom. The molecule has 0 aliphatic heterocycles. The standard InChI is InChI=1S/C4H9Se.3C4H9.Sn/c1-2-3-4-5;3*1-3-4-2;/h2-4H2,1H3;3*1,3-4H2,2H3;. The predicted molar refractivity (Wildman–Crippen MR) is 90.4 cm³/mol. The monoisotopic (exact) mass is 428 g/mol. The summed E-state index contributed by atoms with van der Waals surface area (Å²) in [5.74, 6) is 0. The van der Waals surface area contributed by atoms with Gasteiger partial charge in [0.15, 0.2) is 0 Å². The summed E-state index contributed by atoms with van der Waals surface area (Å²) in [6.07, 6.45) is 11.5. The first-order valence-electron chi connectivity index (χ1n) is 8.18. The van der Waals surface area contributed by atoms with E-state index in [4.69, 9.17) is 0 Å². The van der Waals surface area contributed by atoms with Crippen LogP contribution in [-0.4, -0.2) is 35.8 Å². The first-order valence-corrected chi connectivity index (χ1v) is 15.4. The Bertz CT molecular complexity index is 107. The molecule has 18 heavy (non-hydrogen) atoms. The van der Waals surface area contributed by atoms with Gasteiger partial charge in [-0.25, -0.2) is 0 Å². The summed E-state index contributed by atoms with van der Waals surface area (Å²) in [7, 11) is 0. The van der Waals surface area contributed by atoms with E-state index in [2.05, 4.69) is 43.7 Å². The molecule has 0 fully saturated rings. The van der Waals surface area contributed by atoms with Crippen LogP contribution in [0.2, 0.25) is 18.6 Å². The molecular formula is C16H36SeSn. The van der Waals surface area contributed by atoms with E-state index in [0.29, 0.717) is 0 Å². The zero-order chi connectivity index (χ0) is 14.1. The van der Waals surface area contributed by atoms with E-state index in [1.807, 2.05) is 0 Å². The molecule has 0 spiro atoms. The average Bonchev–Trinajstić information content (AvgIpc) is 2.39. The van der Waals surface area contributed by atoms with E-state index < -0.39 is 19.8 Å². The molecule has 0 saturated heterocycles. The van der Waals surface area contributed by atoms with Crippen LogP contribution in [0, 0.1) is 0 Å². The van der Waals surface area contributed by atoms with Gasteiger partial charge >= 0.3 is 133 Å². The van der Waals surface area contributed by atoms with Crippen molar-refractivity contribution in [2.24, 2.45) is 0 Å². The molecule has 0 heterocycles. The second-order valence-electron chi connectivity index (χ2n) is 5.12. The van der Waals surface area contributed by atoms with Gasteiger partial charge < -0.3 is 0 Å². The summed E-state index contributed by atoms with van der Waals surface area (Å²) in [6.45, 7) is 9.19. The molecule has 2 heteroatoms. The van der Waals surface area contributed by atoms with Crippen molar-refractivity contribution in [2.45, 2.75) is 97.7 Å². The SMILES string of the molecule is CCCC[Se].CCC[CH2][Sn]([CH2]CCC)[CH2]CCC. The Morgan fingerprint density at radius 2 is 0.944 bits per heavy atom. The Kier molecular flexibility index (Phi) is 24.8. The number of rotatable bonds is 11. The van der Waals surface area contributed by atoms with Crippen LogP contribution >= 0.6 is 0 Å². The van der Waals surface area contributed by atoms with Gasteiger partial charge in [0.05, 0.1) is 0 Å². The van der Waals surface area contributed by atoms with Gasteiger partial charge in [-0.3, -0.25) is 0 Å².